The summed E-state index contributed by atoms with van der Waals surface area (Å²) >= 11 is 5.81. The molecule has 5 heteroatoms. The van der Waals surface area contributed by atoms with Crippen LogP contribution in [-0.4, -0.2) is 24.7 Å². The van der Waals surface area contributed by atoms with Crippen LogP contribution in [0.1, 0.15) is 11.5 Å². The summed E-state index contributed by atoms with van der Waals surface area (Å²) in [7, 11) is 1.36. The van der Waals surface area contributed by atoms with Crippen molar-refractivity contribution in [3.8, 4) is 5.75 Å². The van der Waals surface area contributed by atoms with Gasteiger partial charge in [-0.05, 0) is 42.0 Å². The fourth-order valence-corrected chi connectivity index (χ4v) is 1.87. The lowest BCUT2D eigenvalue weighted by Gasteiger charge is -2.15. The molecular formula is C15H14ClNO3. The molecule has 104 valence electrons. The molecule has 0 amide bonds. The summed E-state index contributed by atoms with van der Waals surface area (Å²) < 4.78 is 10.4. The lowest BCUT2D eigenvalue weighted by molar-refractivity contribution is -0.143. The first kappa shape index (κ1) is 14.3. The number of aromatic nitrogens is 1. The van der Waals surface area contributed by atoms with E-state index in [4.69, 9.17) is 21.1 Å². The summed E-state index contributed by atoms with van der Waals surface area (Å²) in [6.07, 6.45) is 3.27. The fraction of sp³-hybridized carbons (Fsp3) is 0.200. The lowest BCUT2D eigenvalue weighted by atomic mass is 10.0. The first-order valence-corrected chi connectivity index (χ1v) is 6.44. The number of halogens is 1. The van der Waals surface area contributed by atoms with Gasteiger partial charge in [0.05, 0.1) is 7.11 Å². The Morgan fingerprint density at radius 3 is 2.45 bits per heavy atom. The van der Waals surface area contributed by atoms with Crippen LogP contribution in [0.2, 0.25) is 5.02 Å². The summed E-state index contributed by atoms with van der Waals surface area (Å²) in [5, 5.41) is 0.635. The molecule has 20 heavy (non-hydrogen) atoms. The third kappa shape index (κ3) is 3.71. The Balaban J connectivity index is 2.09. The van der Waals surface area contributed by atoms with Crippen molar-refractivity contribution in [1.82, 2.24) is 4.98 Å². The highest BCUT2D eigenvalue weighted by molar-refractivity contribution is 6.30. The van der Waals surface area contributed by atoms with E-state index in [0.717, 1.165) is 5.56 Å². The van der Waals surface area contributed by atoms with Gasteiger partial charge in [0.2, 0.25) is 0 Å². The number of methoxy groups -OCH3 is 1. The van der Waals surface area contributed by atoms with Gasteiger partial charge in [-0.1, -0.05) is 11.6 Å². The SMILES string of the molecule is COC(=O)C(COc1ccc(Cl)cc1)c1ccncc1. The van der Waals surface area contributed by atoms with Crippen molar-refractivity contribution in [1.29, 1.82) is 0 Å². The van der Waals surface area contributed by atoms with Crippen LogP contribution < -0.4 is 4.74 Å². The molecule has 0 aliphatic carbocycles. The zero-order valence-corrected chi connectivity index (χ0v) is 11.7. The van der Waals surface area contributed by atoms with Crippen molar-refractivity contribution in [2.24, 2.45) is 0 Å². The Labute approximate surface area is 122 Å². The molecule has 2 aromatic rings. The van der Waals surface area contributed by atoms with Gasteiger partial charge in [0.25, 0.3) is 0 Å². The van der Waals surface area contributed by atoms with Gasteiger partial charge in [0.15, 0.2) is 0 Å². The molecule has 0 saturated heterocycles. The minimum Gasteiger partial charge on any atom is -0.492 e. The van der Waals surface area contributed by atoms with Gasteiger partial charge < -0.3 is 9.47 Å². The zero-order valence-electron chi connectivity index (χ0n) is 11.0. The molecule has 1 aromatic heterocycles. The van der Waals surface area contributed by atoms with E-state index in [2.05, 4.69) is 4.98 Å². The van der Waals surface area contributed by atoms with Crippen LogP contribution in [0.25, 0.3) is 0 Å². The second-order valence-corrected chi connectivity index (χ2v) is 4.56. The van der Waals surface area contributed by atoms with Crippen LogP contribution >= 0.6 is 11.6 Å². The van der Waals surface area contributed by atoms with Crippen LogP contribution in [0.3, 0.4) is 0 Å². The lowest BCUT2D eigenvalue weighted by Crippen LogP contribution is -2.21. The first-order chi connectivity index (χ1) is 9.70. The molecule has 0 aliphatic rings. The normalized spacial score (nSPS) is 11.7. The molecule has 2 rings (SSSR count). The zero-order chi connectivity index (χ0) is 14.4. The smallest absolute Gasteiger partial charge is 0.316 e. The summed E-state index contributed by atoms with van der Waals surface area (Å²) in [5.41, 5.74) is 0.806. The van der Waals surface area contributed by atoms with Crippen LogP contribution in [0.4, 0.5) is 0 Å². The maximum Gasteiger partial charge on any atom is 0.316 e. The Kier molecular flexibility index (Phi) is 4.96. The molecule has 1 atom stereocenters. The minimum absolute atomic E-state index is 0.193. The van der Waals surface area contributed by atoms with Gasteiger partial charge in [-0.15, -0.1) is 0 Å². The Morgan fingerprint density at radius 1 is 1.20 bits per heavy atom. The molecular weight excluding hydrogens is 278 g/mol. The number of hydrogen-bond donors (Lipinski definition) is 0. The van der Waals surface area contributed by atoms with Crippen molar-refractivity contribution < 1.29 is 14.3 Å². The van der Waals surface area contributed by atoms with E-state index in [1.54, 1.807) is 48.8 Å². The molecule has 0 N–H and O–H groups in total. The van der Waals surface area contributed by atoms with Crippen molar-refractivity contribution in [3.63, 3.8) is 0 Å². The third-order valence-corrected chi connectivity index (χ3v) is 3.08. The second-order valence-electron chi connectivity index (χ2n) is 4.12. The number of rotatable bonds is 5. The summed E-state index contributed by atoms with van der Waals surface area (Å²) in [4.78, 5) is 15.8. The van der Waals surface area contributed by atoms with E-state index in [0.29, 0.717) is 10.8 Å². The predicted octanol–water partition coefficient (Wildman–Crippen LogP) is 3.07. The first-order valence-electron chi connectivity index (χ1n) is 6.07. The molecule has 0 bridgehead atoms. The average Bonchev–Trinajstić information content (AvgIpc) is 2.50. The van der Waals surface area contributed by atoms with E-state index in [-0.39, 0.29) is 12.6 Å². The monoisotopic (exact) mass is 291 g/mol. The molecule has 0 radical (unpaired) electrons. The van der Waals surface area contributed by atoms with Crippen molar-refractivity contribution >= 4 is 17.6 Å². The van der Waals surface area contributed by atoms with Crippen LogP contribution in [0.15, 0.2) is 48.8 Å². The van der Waals surface area contributed by atoms with Crippen LogP contribution in [-0.2, 0) is 9.53 Å². The molecule has 1 aromatic carbocycles. The van der Waals surface area contributed by atoms with Crippen molar-refractivity contribution in [2.75, 3.05) is 13.7 Å². The maximum atomic E-state index is 11.8. The molecule has 0 fully saturated rings. The fourth-order valence-electron chi connectivity index (χ4n) is 1.75. The van der Waals surface area contributed by atoms with E-state index >= 15 is 0 Å². The quantitative estimate of drug-likeness (QED) is 0.794. The van der Waals surface area contributed by atoms with Gasteiger partial charge >= 0.3 is 5.97 Å². The van der Waals surface area contributed by atoms with Gasteiger partial charge in [0, 0.05) is 17.4 Å². The largest absolute Gasteiger partial charge is 0.492 e. The molecule has 4 nitrogen and oxygen atoms in total. The number of benzene rings is 1. The minimum atomic E-state index is -0.487. The van der Waals surface area contributed by atoms with E-state index in [9.17, 15) is 4.79 Å². The Hall–Kier alpha value is -2.07. The number of ether oxygens (including phenoxy) is 2. The maximum absolute atomic E-state index is 11.8. The number of nitrogens with zero attached hydrogens (tertiary/aromatic N) is 1. The van der Waals surface area contributed by atoms with Crippen LogP contribution in [0.5, 0.6) is 5.75 Å². The Morgan fingerprint density at radius 2 is 1.85 bits per heavy atom. The third-order valence-electron chi connectivity index (χ3n) is 2.82. The highest BCUT2D eigenvalue weighted by Gasteiger charge is 2.22. The number of pyridine rings is 1. The molecule has 1 unspecified atom stereocenters. The average molecular weight is 292 g/mol. The van der Waals surface area contributed by atoms with Crippen molar-refractivity contribution in [3.05, 3.63) is 59.4 Å². The topological polar surface area (TPSA) is 48.4 Å². The van der Waals surface area contributed by atoms with E-state index < -0.39 is 5.92 Å². The number of esters is 1. The van der Waals surface area contributed by atoms with Gasteiger partial charge in [0.1, 0.15) is 18.3 Å². The van der Waals surface area contributed by atoms with Crippen LogP contribution in [0, 0.1) is 0 Å². The summed E-state index contributed by atoms with van der Waals surface area (Å²) in [5.74, 6) is -0.179. The number of hydrogen-bond acceptors (Lipinski definition) is 4. The summed E-state index contributed by atoms with van der Waals surface area (Å²) in [6.45, 7) is 0.193. The molecule has 0 spiro atoms. The standard InChI is InChI=1S/C15H14ClNO3/c1-19-15(18)14(11-6-8-17-9-7-11)10-20-13-4-2-12(16)3-5-13/h2-9,14H,10H2,1H3. The molecule has 0 saturated carbocycles. The molecule has 0 aliphatic heterocycles. The number of carbonyl (C=O) groups excluding carboxylic acids is 1. The molecule has 1 heterocycles. The second kappa shape index (κ2) is 6.91. The van der Waals surface area contributed by atoms with Gasteiger partial charge in [-0.2, -0.15) is 0 Å². The Bertz CT molecular complexity index is 557. The van der Waals surface area contributed by atoms with Gasteiger partial charge in [-0.25, -0.2) is 0 Å². The summed E-state index contributed by atoms with van der Waals surface area (Å²) in [6, 6.07) is 10.5. The highest BCUT2D eigenvalue weighted by Crippen LogP contribution is 2.20. The predicted molar refractivity (Wildman–Crippen MR) is 75.9 cm³/mol. The number of carbonyl (C=O) groups is 1. The van der Waals surface area contributed by atoms with Gasteiger partial charge in [-0.3, -0.25) is 9.78 Å². The highest BCUT2D eigenvalue weighted by atomic mass is 35.5. The van der Waals surface area contributed by atoms with E-state index in [1.807, 2.05) is 0 Å². The van der Waals surface area contributed by atoms with E-state index in [1.165, 1.54) is 7.11 Å². The van der Waals surface area contributed by atoms with Crippen molar-refractivity contribution in [2.45, 2.75) is 5.92 Å².